The van der Waals surface area contributed by atoms with Gasteiger partial charge in [0.2, 0.25) is 5.91 Å². The number of halogens is 2. The number of likely N-dealkylation sites (tertiary alicyclic amines) is 1. The van der Waals surface area contributed by atoms with Gasteiger partial charge in [-0.15, -0.1) is 24.8 Å². The molecule has 7 heteroatoms. The zero-order chi connectivity index (χ0) is 18.3. The number of carbonyl (C=O) groups excluding carboxylic acids is 1. The van der Waals surface area contributed by atoms with Gasteiger partial charge >= 0.3 is 0 Å². The van der Waals surface area contributed by atoms with E-state index in [9.17, 15) is 4.79 Å². The van der Waals surface area contributed by atoms with E-state index >= 15 is 0 Å². The van der Waals surface area contributed by atoms with E-state index in [0.717, 1.165) is 44.9 Å². The molecular formula is C21H39Cl2N3O2. The molecule has 1 amide bonds. The van der Waals surface area contributed by atoms with E-state index in [1.807, 2.05) is 0 Å². The van der Waals surface area contributed by atoms with E-state index in [4.69, 9.17) is 10.5 Å². The maximum atomic E-state index is 13.0. The first-order chi connectivity index (χ1) is 12.5. The van der Waals surface area contributed by atoms with Crippen LogP contribution in [0.2, 0.25) is 0 Å². The number of fused-ring (bicyclic) bond motifs is 2. The minimum Gasteiger partial charge on any atom is -0.373 e. The van der Waals surface area contributed by atoms with Gasteiger partial charge in [0.15, 0.2) is 0 Å². The molecule has 2 aliphatic heterocycles. The Hall–Kier alpha value is -0.0700. The van der Waals surface area contributed by atoms with Crippen LogP contribution >= 0.6 is 24.8 Å². The summed E-state index contributed by atoms with van der Waals surface area (Å²) in [4.78, 5) is 17.7. The van der Waals surface area contributed by atoms with Gasteiger partial charge < -0.3 is 15.4 Å². The highest BCUT2D eigenvalue weighted by Crippen LogP contribution is 2.48. The number of ether oxygens (including phenoxy) is 1. The second-order valence-corrected chi connectivity index (χ2v) is 9.51. The van der Waals surface area contributed by atoms with Crippen LogP contribution in [0.4, 0.5) is 0 Å². The highest BCUT2D eigenvalue weighted by Gasteiger charge is 2.50. The summed E-state index contributed by atoms with van der Waals surface area (Å²) in [6, 6.07) is 0.129. The Morgan fingerprint density at radius 1 is 1.00 bits per heavy atom. The number of nitrogens with zero attached hydrogens (tertiary/aromatic N) is 2. The fourth-order valence-corrected chi connectivity index (χ4v) is 6.19. The van der Waals surface area contributed by atoms with Gasteiger partial charge in [-0.3, -0.25) is 9.69 Å². The molecule has 2 N–H and O–H groups in total. The number of hydrogen-bond acceptors (Lipinski definition) is 4. The zero-order valence-corrected chi connectivity index (χ0v) is 19.1. The molecule has 4 aliphatic rings. The highest BCUT2D eigenvalue weighted by molar-refractivity contribution is 5.85. The van der Waals surface area contributed by atoms with Gasteiger partial charge in [-0.1, -0.05) is 0 Å². The van der Waals surface area contributed by atoms with Crippen molar-refractivity contribution in [3.05, 3.63) is 0 Å². The van der Waals surface area contributed by atoms with Crippen LogP contribution in [0, 0.1) is 23.7 Å². The van der Waals surface area contributed by atoms with Crippen LogP contribution in [-0.2, 0) is 9.53 Å². The molecule has 2 bridgehead atoms. The Kier molecular flexibility index (Phi) is 8.90. The summed E-state index contributed by atoms with van der Waals surface area (Å²) in [5, 5.41) is 0. The molecule has 4 fully saturated rings. The van der Waals surface area contributed by atoms with Crippen LogP contribution in [0.3, 0.4) is 0 Å². The van der Waals surface area contributed by atoms with Gasteiger partial charge in [-0.05, 0) is 76.7 Å². The van der Waals surface area contributed by atoms with E-state index in [0.29, 0.717) is 30.0 Å². The lowest BCUT2D eigenvalue weighted by Gasteiger charge is -2.38. The molecule has 0 aromatic heterocycles. The average molecular weight is 436 g/mol. The first-order valence-corrected chi connectivity index (χ1v) is 10.9. The molecule has 4 rings (SSSR count). The van der Waals surface area contributed by atoms with Crippen molar-refractivity contribution in [3.8, 4) is 0 Å². The molecule has 0 aromatic rings. The van der Waals surface area contributed by atoms with Crippen molar-refractivity contribution in [2.75, 3.05) is 32.7 Å². The van der Waals surface area contributed by atoms with Crippen molar-refractivity contribution in [1.29, 1.82) is 0 Å². The number of carbonyl (C=O) groups is 1. The monoisotopic (exact) mass is 435 g/mol. The van der Waals surface area contributed by atoms with Gasteiger partial charge in [0, 0.05) is 32.2 Å². The maximum Gasteiger partial charge on any atom is 0.227 e. The normalized spacial score (nSPS) is 38.8. The lowest BCUT2D eigenvalue weighted by atomic mass is 9.83. The summed E-state index contributed by atoms with van der Waals surface area (Å²) >= 11 is 0. The van der Waals surface area contributed by atoms with Gasteiger partial charge in [0.25, 0.3) is 0 Å². The Balaban J connectivity index is 0.00000140. The van der Waals surface area contributed by atoms with E-state index < -0.39 is 0 Å². The number of amides is 1. The predicted molar refractivity (Wildman–Crippen MR) is 117 cm³/mol. The van der Waals surface area contributed by atoms with Gasteiger partial charge in [0.1, 0.15) is 0 Å². The minimum atomic E-state index is 0. The van der Waals surface area contributed by atoms with Gasteiger partial charge in [-0.25, -0.2) is 0 Å². The zero-order valence-electron chi connectivity index (χ0n) is 17.4. The molecule has 5 nitrogen and oxygen atoms in total. The molecule has 0 aromatic carbocycles. The standard InChI is InChI=1S/C21H37N3O2.2ClH/c1-14-12-23(13-15(2)26-14)8-5-16-6-9-24(10-7-16)21(25)19-17-3-4-18(11-17)20(19)22;;/h14-20H,3-13,22H2,1-2H3;2*1H. The van der Waals surface area contributed by atoms with Crippen molar-refractivity contribution in [2.45, 2.75) is 70.6 Å². The molecule has 2 saturated heterocycles. The molecule has 0 spiro atoms. The lowest BCUT2D eigenvalue weighted by molar-refractivity contribution is -0.139. The molecular weight excluding hydrogens is 397 g/mol. The van der Waals surface area contributed by atoms with Crippen LogP contribution in [0.1, 0.15) is 52.4 Å². The topological polar surface area (TPSA) is 58.8 Å². The van der Waals surface area contributed by atoms with Crippen molar-refractivity contribution < 1.29 is 9.53 Å². The van der Waals surface area contributed by atoms with Crippen molar-refractivity contribution in [1.82, 2.24) is 9.80 Å². The molecule has 0 radical (unpaired) electrons. The first kappa shape index (κ1) is 24.2. The van der Waals surface area contributed by atoms with Crippen LogP contribution in [-0.4, -0.2) is 66.7 Å². The van der Waals surface area contributed by atoms with Gasteiger partial charge in [-0.2, -0.15) is 0 Å². The van der Waals surface area contributed by atoms with E-state index in [1.54, 1.807) is 0 Å². The van der Waals surface area contributed by atoms with Crippen LogP contribution in [0.15, 0.2) is 0 Å². The largest absolute Gasteiger partial charge is 0.373 e. The Bertz CT molecular complexity index is 504. The number of piperidine rings is 1. The van der Waals surface area contributed by atoms with Crippen molar-refractivity contribution >= 4 is 30.7 Å². The summed E-state index contributed by atoms with van der Waals surface area (Å²) < 4.78 is 5.83. The average Bonchev–Trinajstić information content (AvgIpc) is 3.20. The molecule has 28 heavy (non-hydrogen) atoms. The predicted octanol–water partition coefficient (Wildman–Crippen LogP) is 2.94. The van der Waals surface area contributed by atoms with E-state index in [-0.39, 0.29) is 36.8 Å². The molecule has 2 aliphatic carbocycles. The lowest BCUT2D eigenvalue weighted by Crippen LogP contribution is -2.49. The SMILES string of the molecule is CC1CN(CCC2CCN(C(=O)C3C4CCC(C4)C3N)CC2)CC(C)O1.Cl.Cl. The molecule has 2 heterocycles. The number of nitrogens with two attached hydrogens (primary N) is 1. The van der Waals surface area contributed by atoms with E-state index in [1.165, 1.54) is 32.2 Å². The van der Waals surface area contributed by atoms with Crippen LogP contribution in [0.25, 0.3) is 0 Å². The van der Waals surface area contributed by atoms with Crippen LogP contribution in [0.5, 0.6) is 0 Å². The number of morpholine rings is 1. The molecule has 6 atom stereocenters. The third-order valence-electron chi connectivity index (χ3n) is 7.54. The molecule has 6 unspecified atom stereocenters. The Labute approximate surface area is 182 Å². The summed E-state index contributed by atoms with van der Waals surface area (Å²) in [5.74, 6) is 2.46. The summed E-state index contributed by atoms with van der Waals surface area (Å²) in [5.41, 5.74) is 6.39. The third kappa shape index (κ3) is 5.15. The van der Waals surface area contributed by atoms with Crippen LogP contribution < -0.4 is 5.73 Å². The Morgan fingerprint density at radius 2 is 1.61 bits per heavy atom. The number of hydrogen-bond donors (Lipinski definition) is 1. The van der Waals surface area contributed by atoms with Crippen molar-refractivity contribution in [2.24, 2.45) is 29.4 Å². The molecule has 164 valence electrons. The first-order valence-electron chi connectivity index (χ1n) is 10.9. The summed E-state index contributed by atoms with van der Waals surface area (Å²) in [7, 11) is 0. The minimum absolute atomic E-state index is 0. The fraction of sp³-hybridized carbons (Fsp3) is 0.952. The van der Waals surface area contributed by atoms with Crippen molar-refractivity contribution in [3.63, 3.8) is 0 Å². The summed E-state index contributed by atoms with van der Waals surface area (Å²) in [6.07, 6.45) is 7.96. The van der Waals surface area contributed by atoms with Gasteiger partial charge in [0.05, 0.1) is 18.1 Å². The Morgan fingerprint density at radius 3 is 2.18 bits per heavy atom. The molecule has 2 saturated carbocycles. The summed E-state index contributed by atoms with van der Waals surface area (Å²) in [6.45, 7) is 9.53. The number of rotatable bonds is 4. The maximum absolute atomic E-state index is 13.0. The third-order valence-corrected chi connectivity index (χ3v) is 7.54. The highest BCUT2D eigenvalue weighted by atomic mass is 35.5. The fourth-order valence-electron chi connectivity index (χ4n) is 6.19. The quantitative estimate of drug-likeness (QED) is 0.736. The second kappa shape index (κ2) is 10.3. The second-order valence-electron chi connectivity index (χ2n) is 9.51. The smallest absolute Gasteiger partial charge is 0.227 e. The van der Waals surface area contributed by atoms with E-state index in [2.05, 4.69) is 23.6 Å².